The van der Waals surface area contributed by atoms with Crippen LogP contribution in [0, 0.1) is 0 Å². The normalized spacial score (nSPS) is 12.2. The third kappa shape index (κ3) is 5.56. The molecule has 26 heavy (non-hydrogen) atoms. The number of alkyl halides is 5. The van der Waals surface area contributed by atoms with Crippen LogP contribution in [0.25, 0.3) is 0 Å². The minimum absolute atomic E-state index is 0.0746. The molecular weight excluding hydrogens is 385 g/mol. The molecule has 0 aliphatic heterocycles. The van der Waals surface area contributed by atoms with Gasteiger partial charge in [-0.05, 0) is 18.2 Å². The van der Waals surface area contributed by atoms with Crippen molar-refractivity contribution >= 4 is 10.0 Å². The molecule has 0 spiro atoms. The Morgan fingerprint density at radius 3 is 2.15 bits per heavy atom. The van der Waals surface area contributed by atoms with Gasteiger partial charge in [-0.2, -0.15) is 8.78 Å². The zero-order valence-corrected chi connectivity index (χ0v) is 13.7. The molecule has 11 heteroatoms. The Labute approximate surface area is 145 Å². The van der Waals surface area contributed by atoms with E-state index in [0.717, 1.165) is 12.1 Å². The summed E-state index contributed by atoms with van der Waals surface area (Å²) in [5.74, 6) is -1.17. The highest BCUT2D eigenvalue weighted by atomic mass is 32.2. The largest absolute Gasteiger partial charge is 0.573 e. The second kappa shape index (κ2) is 7.87. The molecule has 5 nitrogen and oxygen atoms in total. The Hall–Kier alpha value is -2.40. The van der Waals surface area contributed by atoms with Gasteiger partial charge in [-0.1, -0.05) is 30.3 Å². The van der Waals surface area contributed by atoms with Crippen LogP contribution in [0.2, 0.25) is 0 Å². The van der Waals surface area contributed by atoms with E-state index in [1.54, 1.807) is 0 Å². The second-order valence-corrected chi connectivity index (χ2v) is 6.54. The topological polar surface area (TPSA) is 64.6 Å². The van der Waals surface area contributed by atoms with Gasteiger partial charge in [0.1, 0.15) is 16.4 Å². The molecule has 142 valence electrons. The van der Waals surface area contributed by atoms with Gasteiger partial charge in [-0.3, -0.25) is 0 Å². The van der Waals surface area contributed by atoms with Gasteiger partial charge >= 0.3 is 13.0 Å². The maximum Gasteiger partial charge on any atom is 0.573 e. The minimum atomic E-state index is -5.08. The Kier molecular flexibility index (Phi) is 6.03. The first-order valence-electron chi connectivity index (χ1n) is 6.95. The first-order chi connectivity index (χ1) is 12.1. The van der Waals surface area contributed by atoms with Gasteiger partial charge in [0.25, 0.3) is 0 Å². The van der Waals surface area contributed by atoms with Gasteiger partial charge in [0.15, 0.2) is 0 Å². The van der Waals surface area contributed by atoms with Crippen molar-refractivity contribution in [2.24, 2.45) is 0 Å². The Balaban J connectivity index is 2.23. The summed E-state index contributed by atoms with van der Waals surface area (Å²) in [4.78, 5) is -0.746. The molecule has 0 bridgehead atoms. The summed E-state index contributed by atoms with van der Waals surface area (Å²) in [6.45, 7) is -3.60. The van der Waals surface area contributed by atoms with E-state index in [0.29, 0.717) is 0 Å². The van der Waals surface area contributed by atoms with E-state index in [1.807, 2.05) is 4.72 Å². The number of ether oxygens (including phenoxy) is 2. The van der Waals surface area contributed by atoms with Crippen LogP contribution in [0.5, 0.6) is 11.5 Å². The fourth-order valence-electron chi connectivity index (χ4n) is 1.99. The van der Waals surface area contributed by atoms with Crippen LogP contribution in [0.4, 0.5) is 22.0 Å². The quantitative estimate of drug-likeness (QED) is 0.725. The molecule has 2 rings (SSSR count). The number of halogens is 5. The highest BCUT2D eigenvalue weighted by molar-refractivity contribution is 7.89. The third-order valence-corrected chi connectivity index (χ3v) is 4.45. The summed E-state index contributed by atoms with van der Waals surface area (Å²) in [5, 5.41) is 0. The fraction of sp³-hybridized carbons (Fsp3) is 0.200. The molecular formula is C15H12F5NO4S. The summed E-state index contributed by atoms with van der Waals surface area (Å²) in [6, 6.07) is 9.55. The summed E-state index contributed by atoms with van der Waals surface area (Å²) >= 11 is 0. The maximum absolute atomic E-state index is 12.4. The first-order valence-corrected chi connectivity index (χ1v) is 8.44. The first kappa shape index (κ1) is 19.9. The van der Waals surface area contributed by atoms with E-state index in [-0.39, 0.29) is 11.3 Å². The SMILES string of the molecule is O=S(=O)(NCc1ccccc1OC(F)F)c1ccccc1OC(F)(F)F. The summed E-state index contributed by atoms with van der Waals surface area (Å²) < 4.78 is 96.6. The van der Waals surface area contributed by atoms with Crippen LogP contribution in [0.1, 0.15) is 5.56 Å². The molecule has 2 aromatic rings. The van der Waals surface area contributed by atoms with Crippen molar-refractivity contribution in [1.82, 2.24) is 4.72 Å². The molecule has 0 saturated heterocycles. The Bertz CT molecular complexity index is 855. The molecule has 0 aromatic heterocycles. The van der Waals surface area contributed by atoms with Gasteiger partial charge in [0.2, 0.25) is 10.0 Å². The van der Waals surface area contributed by atoms with Crippen LogP contribution < -0.4 is 14.2 Å². The van der Waals surface area contributed by atoms with Gasteiger partial charge in [-0.15, -0.1) is 13.2 Å². The van der Waals surface area contributed by atoms with Gasteiger partial charge in [0, 0.05) is 12.1 Å². The summed E-state index contributed by atoms with van der Waals surface area (Å²) in [5.41, 5.74) is 0.0746. The zero-order valence-electron chi connectivity index (χ0n) is 12.8. The highest BCUT2D eigenvalue weighted by Gasteiger charge is 2.34. The average Bonchev–Trinajstić information content (AvgIpc) is 2.52. The number of sulfonamides is 1. The lowest BCUT2D eigenvalue weighted by Gasteiger charge is -2.15. The number of para-hydroxylation sites is 2. The van der Waals surface area contributed by atoms with E-state index in [1.165, 1.54) is 36.4 Å². The lowest BCUT2D eigenvalue weighted by molar-refractivity contribution is -0.275. The van der Waals surface area contributed by atoms with E-state index < -0.39 is 40.2 Å². The molecule has 0 saturated carbocycles. The number of nitrogens with one attached hydrogen (secondary N) is 1. The van der Waals surface area contributed by atoms with Crippen molar-refractivity contribution < 1.29 is 39.8 Å². The summed E-state index contributed by atoms with van der Waals surface area (Å²) in [7, 11) is -4.42. The van der Waals surface area contributed by atoms with Crippen LogP contribution in [0.3, 0.4) is 0 Å². The van der Waals surface area contributed by atoms with Crippen LogP contribution >= 0.6 is 0 Å². The molecule has 0 amide bonds. The van der Waals surface area contributed by atoms with Crippen LogP contribution in [-0.2, 0) is 16.6 Å². The van der Waals surface area contributed by atoms with E-state index >= 15 is 0 Å². The molecule has 0 radical (unpaired) electrons. The Morgan fingerprint density at radius 1 is 0.962 bits per heavy atom. The van der Waals surface area contributed by atoms with Crippen molar-refractivity contribution in [1.29, 1.82) is 0 Å². The van der Waals surface area contributed by atoms with Crippen molar-refractivity contribution in [2.45, 2.75) is 24.4 Å². The van der Waals surface area contributed by atoms with Crippen LogP contribution in [-0.4, -0.2) is 21.4 Å². The lowest BCUT2D eigenvalue weighted by atomic mass is 10.2. The fourth-order valence-corrected chi connectivity index (χ4v) is 3.13. The highest BCUT2D eigenvalue weighted by Crippen LogP contribution is 2.29. The predicted molar refractivity (Wildman–Crippen MR) is 80.2 cm³/mol. The predicted octanol–water partition coefficient (Wildman–Crippen LogP) is 3.67. The van der Waals surface area contributed by atoms with Crippen molar-refractivity contribution in [2.75, 3.05) is 0 Å². The average molecular weight is 397 g/mol. The summed E-state index contributed by atoms with van der Waals surface area (Å²) in [6.07, 6.45) is -5.08. The monoisotopic (exact) mass is 397 g/mol. The Morgan fingerprint density at radius 2 is 1.54 bits per heavy atom. The molecule has 0 unspecified atom stereocenters. The van der Waals surface area contributed by atoms with Crippen molar-refractivity contribution in [3.05, 3.63) is 54.1 Å². The van der Waals surface area contributed by atoms with E-state index in [4.69, 9.17) is 0 Å². The van der Waals surface area contributed by atoms with E-state index in [9.17, 15) is 30.4 Å². The maximum atomic E-state index is 12.4. The molecule has 0 aliphatic carbocycles. The standard InChI is InChI=1S/C15H12F5NO4S/c16-14(17)24-11-6-2-1-5-10(11)9-21-26(22,23)13-8-4-3-7-12(13)25-15(18,19)20/h1-8,14,21H,9H2. The number of hydrogen-bond acceptors (Lipinski definition) is 4. The number of hydrogen-bond donors (Lipinski definition) is 1. The molecule has 2 aromatic carbocycles. The molecule has 0 heterocycles. The molecule has 0 atom stereocenters. The number of benzene rings is 2. The van der Waals surface area contributed by atoms with Gasteiger partial charge in [0.05, 0.1) is 0 Å². The zero-order chi connectivity index (χ0) is 19.4. The second-order valence-electron chi connectivity index (χ2n) is 4.81. The van der Waals surface area contributed by atoms with Crippen molar-refractivity contribution in [3.63, 3.8) is 0 Å². The molecule has 0 fully saturated rings. The van der Waals surface area contributed by atoms with Gasteiger partial charge in [-0.25, -0.2) is 13.1 Å². The van der Waals surface area contributed by atoms with Gasteiger partial charge < -0.3 is 9.47 Å². The lowest BCUT2D eigenvalue weighted by Crippen LogP contribution is -2.26. The smallest absolute Gasteiger partial charge is 0.434 e. The molecule has 0 aliphatic rings. The van der Waals surface area contributed by atoms with E-state index in [2.05, 4.69) is 9.47 Å². The molecule has 1 N–H and O–H groups in total. The third-order valence-electron chi connectivity index (χ3n) is 3.01. The van der Waals surface area contributed by atoms with Crippen LogP contribution in [0.15, 0.2) is 53.4 Å². The minimum Gasteiger partial charge on any atom is -0.434 e. The number of rotatable bonds is 7. The van der Waals surface area contributed by atoms with Crippen molar-refractivity contribution in [3.8, 4) is 11.5 Å².